The highest BCUT2D eigenvalue weighted by molar-refractivity contribution is 6.04. The minimum Gasteiger partial charge on any atom is -0.423 e. The van der Waals surface area contributed by atoms with Gasteiger partial charge in [-0.15, -0.1) is 0 Å². The SMILES string of the molecule is CC1C2CCCC1C(NC(=O)c1cccc3oc(N4[C@@H](C)CN(CC(F)(F)F)C[C@@H]4C)nc13)C2. The molecule has 9 heteroatoms. The van der Waals surface area contributed by atoms with E-state index in [1.807, 2.05) is 18.7 Å². The van der Waals surface area contributed by atoms with Crippen LogP contribution >= 0.6 is 0 Å². The van der Waals surface area contributed by atoms with Gasteiger partial charge in [-0.25, -0.2) is 0 Å². The molecule has 1 aromatic heterocycles. The van der Waals surface area contributed by atoms with E-state index in [1.165, 1.54) is 17.7 Å². The van der Waals surface area contributed by atoms with Crippen LogP contribution in [0.15, 0.2) is 22.6 Å². The molecular formula is C25H33F3N4O2. The van der Waals surface area contributed by atoms with E-state index in [4.69, 9.17) is 4.42 Å². The quantitative estimate of drug-likeness (QED) is 0.681. The number of carbonyl (C=O) groups is 1. The molecule has 1 amide bonds. The lowest BCUT2D eigenvalue weighted by molar-refractivity contribution is -0.148. The van der Waals surface area contributed by atoms with Crippen molar-refractivity contribution in [1.29, 1.82) is 0 Å². The number of carbonyl (C=O) groups excluding carboxylic acids is 1. The number of alkyl halides is 3. The minimum absolute atomic E-state index is 0.133. The van der Waals surface area contributed by atoms with E-state index in [0.717, 1.165) is 12.8 Å². The molecule has 3 fully saturated rings. The van der Waals surface area contributed by atoms with Crippen molar-refractivity contribution in [2.75, 3.05) is 24.5 Å². The fourth-order valence-corrected chi connectivity index (χ4v) is 6.73. The van der Waals surface area contributed by atoms with Gasteiger partial charge in [-0.3, -0.25) is 9.69 Å². The molecule has 2 bridgehead atoms. The Kier molecular flexibility index (Phi) is 6.02. The Balaban J connectivity index is 1.35. The van der Waals surface area contributed by atoms with Gasteiger partial charge in [0.1, 0.15) is 5.52 Å². The maximum atomic E-state index is 13.3. The Hall–Kier alpha value is -2.29. The van der Waals surface area contributed by atoms with Crippen molar-refractivity contribution in [1.82, 2.24) is 15.2 Å². The second-order valence-corrected chi connectivity index (χ2v) is 10.6. The number of fused-ring (bicyclic) bond motifs is 3. The first-order chi connectivity index (χ1) is 16.1. The van der Waals surface area contributed by atoms with E-state index in [2.05, 4.69) is 17.2 Å². The summed E-state index contributed by atoms with van der Waals surface area (Å²) in [6.07, 6.45) is 0.461. The highest BCUT2D eigenvalue weighted by Crippen LogP contribution is 2.46. The van der Waals surface area contributed by atoms with Crippen molar-refractivity contribution >= 4 is 23.0 Å². The second kappa shape index (κ2) is 8.73. The zero-order chi connectivity index (χ0) is 24.2. The zero-order valence-electron chi connectivity index (χ0n) is 19.9. The molecule has 1 aromatic carbocycles. The smallest absolute Gasteiger partial charge is 0.401 e. The molecule has 6 nitrogen and oxygen atoms in total. The summed E-state index contributed by atoms with van der Waals surface area (Å²) in [5, 5.41) is 3.28. The molecule has 0 spiro atoms. The highest BCUT2D eigenvalue weighted by Gasteiger charge is 2.43. The van der Waals surface area contributed by atoms with Crippen LogP contribution in [0.4, 0.5) is 19.2 Å². The first kappa shape index (κ1) is 23.5. The molecule has 0 radical (unpaired) electrons. The molecule has 5 rings (SSSR count). The van der Waals surface area contributed by atoms with Gasteiger partial charge in [0.2, 0.25) is 0 Å². The van der Waals surface area contributed by atoms with Crippen LogP contribution in [0.2, 0.25) is 0 Å². The monoisotopic (exact) mass is 478 g/mol. The van der Waals surface area contributed by atoms with E-state index in [1.54, 1.807) is 18.2 Å². The van der Waals surface area contributed by atoms with E-state index >= 15 is 0 Å². The lowest BCUT2D eigenvalue weighted by Gasteiger charge is -2.43. The number of aromatic nitrogens is 1. The third-order valence-corrected chi connectivity index (χ3v) is 8.19. The van der Waals surface area contributed by atoms with Gasteiger partial charge >= 0.3 is 6.18 Å². The average Bonchev–Trinajstić information content (AvgIpc) is 3.20. The van der Waals surface area contributed by atoms with Crippen LogP contribution in [0.1, 0.15) is 56.8 Å². The van der Waals surface area contributed by atoms with Gasteiger partial charge in [0, 0.05) is 31.2 Å². The molecule has 2 aliphatic carbocycles. The minimum atomic E-state index is -4.23. The van der Waals surface area contributed by atoms with Crippen molar-refractivity contribution in [3.8, 4) is 0 Å². The van der Waals surface area contributed by atoms with Gasteiger partial charge in [0.15, 0.2) is 5.58 Å². The highest BCUT2D eigenvalue weighted by atomic mass is 19.4. The summed E-state index contributed by atoms with van der Waals surface area (Å²) in [5.74, 6) is 1.74. The van der Waals surface area contributed by atoms with Crippen LogP contribution in [0.5, 0.6) is 0 Å². The van der Waals surface area contributed by atoms with Crippen LogP contribution in [0.25, 0.3) is 11.1 Å². The molecule has 2 saturated carbocycles. The van der Waals surface area contributed by atoms with E-state index in [-0.39, 0.29) is 37.1 Å². The number of piperazine rings is 1. The van der Waals surface area contributed by atoms with Crippen molar-refractivity contribution < 1.29 is 22.4 Å². The predicted molar refractivity (Wildman–Crippen MR) is 124 cm³/mol. The van der Waals surface area contributed by atoms with Gasteiger partial charge in [0.25, 0.3) is 11.9 Å². The molecule has 3 aliphatic rings. The van der Waals surface area contributed by atoms with Crippen molar-refractivity contribution in [3.63, 3.8) is 0 Å². The topological polar surface area (TPSA) is 61.6 Å². The number of nitrogens with zero attached hydrogens (tertiary/aromatic N) is 3. The average molecular weight is 479 g/mol. The second-order valence-electron chi connectivity index (χ2n) is 10.6. The van der Waals surface area contributed by atoms with E-state index in [0.29, 0.717) is 40.4 Å². The summed E-state index contributed by atoms with van der Waals surface area (Å²) in [6.45, 7) is 5.66. The van der Waals surface area contributed by atoms with Crippen LogP contribution in [0, 0.1) is 17.8 Å². The number of nitrogens with one attached hydrogen (secondary N) is 1. The molecule has 4 unspecified atom stereocenters. The number of amides is 1. The molecule has 186 valence electrons. The summed E-state index contributed by atoms with van der Waals surface area (Å²) >= 11 is 0. The summed E-state index contributed by atoms with van der Waals surface area (Å²) < 4.78 is 44.7. The summed E-state index contributed by atoms with van der Waals surface area (Å²) in [4.78, 5) is 21.3. The number of halogens is 3. The van der Waals surface area contributed by atoms with Gasteiger partial charge in [-0.05, 0) is 56.6 Å². The normalized spacial score (nSPS) is 32.4. The largest absolute Gasteiger partial charge is 0.423 e. The number of oxazole rings is 1. The number of rotatable bonds is 4. The standard InChI is InChI=1S/C25H33F3N4O2/c1-14-11-31(13-25(26,27)28)12-15(2)32(14)24-30-22-19(8-5-9-21(22)34-24)23(33)29-20-10-17-6-4-7-18(20)16(17)3/h5,8-9,14-18,20H,4,6-7,10-13H2,1-3H3,(H,29,33)/t14-,15-,16?,17?,18?,20?/m0/s1. The van der Waals surface area contributed by atoms with Crippen molar-refractivity contribution in [3.05, 3.63) is 23.8 Å². The third-order valence-electron chi connectivity index (χ3n) is 8.19. The van der Waals surface area contributed by atoms with Gasteiger partial charge in [-0.1, -0.05) is 25.8 Å². The number of hydrogen-bond acceptors (Lipinski definition) is 5. The van der Waals surface area contributed by atoms with E-state index in [9.17, 15) is 18.0 Å². The number of para-hydroxylation sites is 1. The van der Waals surface area contributed by atoms with Crippen LogP contribution < -0.4 is 10.2 Å². The lowest BCUT2D eigenvalue weighted by Crippen LogP contribution is -2.58. The Morgan fingerprint density at radius 3 is 2.59 bits per heavy atom. The molecule has 6 atom stereocenters. The molecule has 1 aliphatic heterocycles. The Morgan fingerprint density at radius 2 is 1.91 bits per heavy atom. The summed E-state index contributed by atoms with van der Waals surface area (Å²) in [6, 6.07) is 5.46. The predicted octanol–water partition coefficient (Wildman–Crippen LogP) is 4.84. The fourth-order valence-electron chi connectivity index (χ4n) is 6.73. The van der Waals surface area contributed by atoms with Gasteiger partial charge in [0.05, 0.1) is 12.1 Å². The molecule has 1 saturated heterocycles. The number of anilines is 1. The van der Waals surface area contributed by atoms with Crippen molar-refractivity contribution in [2.24, 2.45) is 17.8 Å². The first-order valence-corrected chi connectivity index (χ1v) is 12.4. The van der Waals surface area contributed by atoms with Crippen LogP contribution in [-0.4, -0.2) is 59.7 Å². The molecule has 2 heterocycles. The first-order valence-electron chi connectivity index (χ1n) is 12.4. The Morgan fingerprint density at radius 1 is 1.18 bits per heavy atom. The Labute approximate surface area is 197 Å². The van der Waals surface area contributed by atoms with Crippen molar-refractivity contribution in [2.45, 2.75) is 70.8 Å². The maximum absolute atomic E-state index is 13.3. The van der Waals surface area contributed by atoms with Gasteiger partial charge in [-0.2, -0.15) is 18.2 Å². The summed E-state index contributed by atoms with van der Waals surface area (Å²) in [5.41, 5.74) is 1.50. The van der Waals surface area contributed by atoms with Crippen LogP contribution in [-0.2, 0) is 0 Å². The van der Waals surface area contributed by atoms with Crippen LogP contribution in [0.3, 0.4) is 0 Å². The maximum Gasteiger partial charge on any atom is 0.401 e. The molecule has 2 aromatic rings. The van der Waals surface area contributed by atoms with E-state index < -0.39 is 12.7 Å². The summed E-state index contributed by atoms with van der Waals surface area (Å²) in [7, 11) is 0. The fraction of sp³-hybridized carbons (Fsp3) is 0.680. The molecular weight excluding hydrogens is 445 g/mol. The lowest BCUT2D eigenvalue weighted by atomic mass is 9.79. The number of hydrogen-bond donors (Lipinski definition) is 1. The van der Waals surface area contributed by atoms with Gasteiger partial charge < -0.3 is 14.6 Å². The molecule has 1 N–H and O–H groups in total. The third kappa shape index (κ3) is 4.39. The molecule has 34 heavy (non-hydrogen) atoms. The Bertz CT molecular complexity index is 1040. The zero-order valence-corrected chi connectivity index (χ0v) is 19.9. The number of benzene rings is 1.